The van der Waals surface area contributed by atoms with Gasteiger partial charge < -0.3 is 5.11 Å². The minimum absolute atomic E-state index is 0.127. The molecule has 2 rings (SSSR count). The van der Waals surface area contributed by atoms with E-state index in [-0.39, 0.29) is 11.5 Å². The monoisotopic (exact) mass is 331 g/mol. The number of aliphatic hydroxyl groups is 1. The molecule has 0 unspecified atom stereocenters. The molecular formula is C13H14ClNO3S2. The SMILES string of the molecule is Cc1ccc(Cl)c(NS(=O)(=O)c2c(C)csc2CO)c1. The Kier molecular flexibility index (Phi) is 4.39. The lowest BCUT2D eigenvalue weighted by atomic mass is 10.2. The number of rotatable bonds is 4. The Morgan fingerprint density at radius 1 is 1.35 bits per heavy atom. The van der Waals surface area contributed by atoms with Crippen LogP contribution in [0.15, 0.2) is 28.5 Å². The number of thiophene rings is 1. The van der Waals surface area contributed by atoms with Crippen molar-refractivity contribution in [2.24, 2.45) is 0 Å². The average Bonchev–Trinajstić information content (AvgIpc) is 2.75. The van der Waals surface area contributed by atoms with Crippen molar-refractivity contribution in [1.82, 2.24) is 0 Å². The van der Waals surface area contributed by atoms with Gasteiger partial charge in [0, 0.05) is 0 Å². The Morgan fingerprint density at radius 3 is 2.70 bits per heavy atom. The van der Waals surface area contributed by atoms with Crippen LogP contribution < -0.4 is 4.72 Å². The van der Waals surface area contributed by atoms with Crippen LogP contribution in [0, 0.1) is 13.8 Å². The van der Waals surface area contributed by atoms with Gasteiger partial charge in [-0.25, -0.2) is 8.42 Å². The summed E-state index contributed by atoms with van der Waals surface area (Å²) in [6, 6.07) is 5.11. The van der Waals surface area contributed by atoms with E-state index in [9.17, 15) is 13.5 Å². The molecule has 0 bridgehead atoms. The molecule has 108 valence electrons. The maximum absolute atomic E-state index is 12.5. The van der Waals surface area contributed by atoms with Gasteiger partial charge in [0.2, 0.25) is 0 Å². The summed E-state index contributed by atoms with van der Waals surface area (Å²) in [6.07, 6.45) is 0. The number of anilines is 1. The van der Waals surface area contributed by atoms with Crippen molar-refractivity contribution < 1.29 is 13.5 Å². The molecule has 0 aliphatic rings. The third-order valence-corrected chi connectivity index (χ3v) is 5.91. The number of aryl methyl sites for hydroxylation is 2. The smallest absolute Gasteiger partial charge is 0.263 e. The fourth-order valence-corrected chi connectivity index (χ4v) is 4.83. The first kappa shape index (κ1) is 15.3. The summed E-state index contributed by atoms with van der Waals surface area (Å²) in [5, 5.41) is 11.3. The van der Waals surface area contributed by atoms with E-state index >= 15 is 0 Å². The Labute approximate surface area is 127 Å². The highest BCUT2D eigenvalue weighted by Crippen LogP contribution is 2.31. The summed E-state index contributed by atoms with van der Waals surface area (Å²) < 4.78 is 27.4. The molecule has 0 aliphatic carbocycles. The third kappa shape index (κ3) is 2.98. The van der Waals surface area contributed by atoms with E-state index < -0.39 is 10.0 Å². The summed E-state index contributed by atoms with van der Waals surface area (Å²) in [5.74, 6) is 0. The Bertz CT molecular complexity index is 738. The molecular weight excluding hydrogens is 318 g/mol. The highest BCUT2D eigenvalue weighted by Gasteiger charge is 2.23. The molecule has 0 radical (unpaired) electrons. The molecule has 0 saturated heterocycles. The Morgan fingerprint density at radius 2 is 2.05 bits per heavy atom. The van der Waals surface area contributed by atoms with Crippen molar-refractivity contribution in [1.29, 1.82) is 0 Å². The van der Waals surface area contributed by atoms with Crippen LogP contribution >= 0.6 is 22.9 Å². The van der Waals surface area contributed by atoms with Gasteiger partial charge in [-0.1, -0.05) is 17.7 Å². The molecule has 0 amide bonds. The van der Waals surface area contributed by atoms with E-state index in [2.05, 4.69) is 4.72 Å². The standard InChI is InChI=1S/C13H14ClNO3S2/c1-8-3-4-10(14)11(5-8)15-20(17,18)13-9(2)7-19-12(13)6-16/h3-5,7,15-16H,6H2,1-2H3. The molecule has 1 heterocycles. The van der Waals surface area contributed by atoms with Gasteiger partial charge in [-0.15, -0.1) is 11.3 Å². The number of nitrogens with one attached hydrogen (secondary N) is 1. The quantitative estimate of drug-likeness (QED) is 0.903. The molecule has 7 heteroatoms. The zero-order valence-electron chi connectivity index (χ0n) is 11.0. The number of sulfonamides is 1. The van der Waals surface area contributed by atoms with E-state index in [0.29, 0.717) is 21.2 Å². The minimum Gasteiger partial charge on any atom is -0.391 e. The minimum atomic E-state index is -3.77. The van der Waals surface area contributed by atoms with Gasteiger partial charge in [0.25, 0.3) is 10.0 Å². The topological polar surface area (TPSA) is 66.4 Å². The van der Waals surface area contributed by atoms with E-state index in [0.717, 1.165) is 5.56 Å². The van der Waals surface area contributed by atoms with Crippen molar-refractivity contribution in [2.45, 2.75) is 25.3 Å². The van der Waals surface area contributed by atoms with Gasteiger partial charge in [-0.2, -0.15) is 0 Å². The number of hydrogen-bond donors (Lipinski definition) is 2. The number of hydrogen-bond acceptors (Lipinski definition) is 4. The second-order valence-electron chi connectivity index (χ2n) is 4.42. The average molecular weight is 332 g/mol. The maximum atomic E-state index is 12.5. The first-order chi connectivity index (χ1) is 9.35. The summed E-state index contributed by atoms with van der Waals surface area (Å²) in [4.78, 5) is 0.543. The lowest BCUT2D eigenvalue weighted by molar-refractivity contribution is 0.282. The zero-order valence-corrected chi connectivity index (χ0v) is 13.4. The molecule has 1 aromatic carbocycles. The second kappa shape index (κ2) is 5.73. The molecule has 1 aromatic heterocycles. The number of halogens is 1. The van der Waals surface area contributed by atoms with E-state index in [1.54, 1.807) is 30.5 Å². The molecule has 0 saturated carbocycles. The zero-order chi connectivity index (χ0) is 14.9. The van der Waals surface area contributed by atoms with Crippen molar-refractivity contribution >= 4 is 38.6 Å². The summed E-state index contributed by atoms with van der Waals surface area (Å²) in [5.41, 5.74) is 1.84. The molecule has 20 heavy (non-hydrogen) atoms. The van der Waals surface area contributed by atoms with E-state index in [1.807, 2.05) is 6.92 Å². The van der Waals surface area contributed by atoms with Crippen molar-refractivity contribution in [3.05, 3.63) is 44.6 Å². The fraction of sp³-hybridized carbons (Fsp3) is 0.231. The van der Waals surface area contributed by atoms with Crippen molar-refractivity contribution in [3.63, 3.8) is 0 Å². The van der Waals surface area contributed by atoms with Crippen LogP contribution in [0.1, 0.15) is 16.0 Å². The van der Waals surface area contributed by atoms with Crippen LogP contribution in [0.2, 0.25) is 5.02 Å². The molecule has 0 spiro atoms. The predicted octanol–water partition coefficient (Wildman–Crippen LogP) is 3.31. The summed E-state index contributed by atoms with van der Waals surface area (Å²) >= 11 is 7.22. The third-order valence-electron chi connectivity index (χ3n) is 2.77. The summed E-state index contributed by atoms with van der Waals surface area (Å²) in [7, 11) is -3.77. The van der Waals surface area contributed by atoms with E-state index in [4.69, 9.17) is 11.6 Å². The molecule has 0 aliphatic heterocycles. The van der Waals surface area contributed by atoms with Gasteiger partial charge in [-0.05, 0) is 42.5 Å². The highest BCUT2D eigenvalue weighted by molar-refractivity contribution is 7.93. The lowest BCUT2D eigenvalue weighted by Crippen LogP contribution is -2.15. The van der Waals surface area contributed by atoms with Crippen LogP contribution in [-0.4, -0.2) is 13.5 Å². The maximum Gasteiger partial charge on any atom is 0.263 e. The van der Waals surface area contributed by atoms with Gasteiger partial charge >= 0.3 is 0 Å². The van der Waals surface area contributed by atoms with E-state index in [1.165, 1.54) is 11.3 Å². The molecule has 0 atom stereocenters. The molecule has 2 N–H and O–H groups in total. The highest BCUT2D eigenvalue weighted by atomic mass is 35.5. The normalized spacial score (nSPS) is 11.6. The Hall–Kier alpha value is -1.08. The predicted molar refractivity (Wildman–Crippen MR) is 82.0 cm³/mol. The molecule has 2 aromatic rings. The van der Waals surface area contributed by atoms with Crippen LogP contribution in [0.4, 0.5) is 5.69 Å². The number of aliphatic hydroxyl groups excluding tert-OH is 1. The van der Waals surface area contributed by atoms with Crippen molar-refractivity contribution in [2.75, 3.05) is 4.72 Å². The van der Waals surface area contributed by atoms with Crippen LogP contribution in [0.3, 0.4) is 0 Å². The second-order valence-corrected chi connectivity index (χ2v) is 7.41. The van der Waals surface area contributed by atoms with Gasteiger partial charge in [0.15, 0.2) is 0 Å². The van der Waals surface area contributed by atoms with Crippen LogP contribution in [0.5, 0.6) is 0 Å². The first-order valence-electron chi connectivity index (χ1n) is 5.82. The largest absolute Gasteiger partial charge is 0.391 e. The van der Waals surface area contributed by atoms with Crippen LogP contribution in [0.25, 0.3) is 0 Å². The lowest BCUT2D eigenvalue weighted by Gasteiger charge is -2.11. The first-order valence-corrected chi connectivity index (χ1v) is 8.56. The molecule has 0 fully saturated rings. The fourth-order valence-electron chi connectivity index (χ4n) is 1.87. The van der Waals surface area contributed by atoms with Gasteiger partial charge in [-0.3, -0.25) is 4.72 Å². The van der Waals surface area contributed by atoms with Gasteiger partial charge in [0.1, 0.15) is 4.90 Å². The van der Waals surface area contributed by atoms with Crippen molar-refractivity contribution in [3.8, 4) is 0 Å². The Balaban J connectivity index is 2.46. The molecule has 4 nitrogen and oxygen atoms in total. The van der Waals surface area contributed by atoms with Crippen LogP contribution in [-0.2, 0) is 16.6 Å². The number of benzene rings is 1. The van der Waals surface area contributed by atoms with Gasteiger partial charge in [0.05, 0.1) is 22.2 Å². The summed E-state index contributed by atoms with van der Waals surface area (Å²) in [6.45, 7) is 3.24.